The van der Waals surface area contributed by atoms with Crippen LogP contribution in [0.5, 0.6) is 17.2 Å². The summed E-state index contributed by atoms with van der Waals surface area (Å²) in [6, 6.07) is 41.5. The van der Waals surface area contributed by atoms with Gasteiger partial charge in [-0.2, -0.15) is 13.2 Å². The number of amides is 1. The van der Waals surface area contributed by atoms with Gasteiger partial charge in [0.15, 0.2) is 28.9 Å². The summed E-state index contributed by atoms with van der Waals surface area (Å²) in [6.45, 7) is -1.57. The smallest absolute Gasteiger partial charge is 0.497 e. The molecule has 0 radical (unpaired) electrons. The van der Waals surface area contributed by atoms with E-state index < -0.39 is 86.0 Å². The molecule has 5 saturated carbocycles. The van der Waals surface area contributed by atoms with Crippen molar-refractivity contribution in [1.82, 2.24) is 65.3 Å². The lowest BCUT2D eigenvalue weighted by molar-refractivity contribution is -0.274. The minimum atomic E-state index is -4.73. The van der Waals surface area contributed by atoms with E-state index >= 15 is 0 Å². The van der Waals surface area contributed by atoms with Gasteiger partial charge in [0, 0.05) is 151 Å². The highest BCUT2D eigenvalue weighted by molar-refractivity contribution is 5.98. The van der Waals surface area contributed by atoms with Crippen molar-refractivity contribution < 1.29 is 114 Å². The normalized spacial score (nSPS) is 15.9. The van der Waals surface area contributed by atoms with Crippen LogP contribution in [-0.4, -0.2) is 192 Å². The molecular formula is C102H101F8N13O16. The number of aromatic nitrogens is 12. The third-order valence-corrected chi connectivity index (χ3v) is 25.6. The Hall–Kier alpha value is -13.8. The zero-order valence-corrected chi connectivity index (χ0v) is 75.8. The van der Waals surface area contributed by atoms with Gasteiger partial charge in [-0.05, 0) is 146 Å². The number of Topliss-reactive ketones (excluding diaryl/α,β-unsaturated/α-hetero) is 5. The highest BCUT2D eigenvalue weighted by Gasteiger charge is 2.50. The average Bonchev–Trinajstić information content (AvgIpc) is 1.52. The van der Waals surface area contributed by atoms with E-state index in [4.69, 9.17) is 45.0 Å². The number of rotatable bonds is 32. The molecule has 1 amide bonds. The number of halogens is 8. The third-order valence-electron chi connectivity index (χ3n) is 25.6. The van der Waals surface area contributed by atoms with Crippen LogP contribution in [0.1, 0.15) is 220 Å². The van der Waals surface area contributed by atoms with E-state index in [9.17, 15) is 63.9 Å². The SMILES string of the molecule is COc1ccc(C2(Cc3ncc(C(=O)CO)cn3)CCCCC2)cc1.COc1cccc(C2(Cc3ncc(C(=O)CO)cn3)CC2)c1.O=C(CO)c1cnc(CC2(c3ccc(F)cc3F)CC2)nc1.O=C(CO)c1cnc(CC2(c3cccc(C(F)(F)F)c3)CC2)nc1.O=C(CO)c1cnc(CC2(c3cccc(OC(F)(F)F)c3)CC2)nc1.O=C(NO)c1cnc(CC2(c3ccccc3)COC2)nc1. The van der Waals surface area contributed by atoms with Crippen LogP contribution in [0.3, 0.4) is 0 Å². The van der Waals surface area contributed by atoms with Crippen LogP contribution < -0.4 is 19.7 Å². The molecule has 5 aliphatic carbocycles. The molecule has 12 aromatic rings. The molecule has 1 saturated heterocycles. The number of nitrogens with one attached hydrogen (secondary N) is 1. The molecular weight excluding hydrogens is 1820 g/mol. The van der Waals surface area contributed by atoms with E-state index in [1.54, 1.807) is 31.8 Å². The minimum absolute atomic E-state index is 0.0347. The Morgan fingerprint density at radius 1 is 0.345 bits per heavy atom. The summed E-state index contributed by atoms with van der Waals surface area (Å²) in [6.07, 6.45) is 24.1. The van der Waals surface area contributed by atoms with Crippen molar-refractivity contribution in [3.8, 4) is 17.2 Å². The number of carbonyl (C=O) groups excluding carboxylic acids is 6. The average molecular weight is 1920 g/mol. The number of benzene rings is 6. The second-order valence-electron chi connectivity index (χ2n) is 35.1. The van der Waals surface area contributed by atoms with Crippen molar-refractivity contribution in [2.75, 3.05) is 60.5 Å². The van der Waals surface area contributed by atoms with E-state index in [2.05, 4.69) is 101 Å². The molecule has 0 atom stereocenters. The molecule has 6 fully saturated rings. The van der Waals surface area contributed by atoms with Gasteiger partial charge in [0.1, 0.15) is 96.9 Å². The first kappa shape index (κ1) is 103. The third kappa shape index (κ3) is 27.0. The molecule has 6 aromatic heterocycles. The summed E-state index contributed by atoms with van der Waals surface area (Å²) in [5.74, 6) is 1.17. The van der Waals surface area contributed by atoms with Gasteiger partial charge in [-0.15, -0.1) is 13.2 Å². The number of aliphatic hydroxyl groups excluding tert-OH is 5. The minimum Gasteiger partial charge on any atom is -0.497 e. The van der Waals surface area contributed by atoms with E-state index in [-0.39, 0.29) is 72.1 Å². The van der Waals surface area contributed by atoms with Crippen LogP contribution in [0.25, 0.3) is 0 Å². The van der Waals surface area contributed by atoms with Gasteiger partial charge < -0.3 is 44.5 Å². The number of ketones is 5. The molecule has 6 aliphatic rings. The maximum Gasteiger partial charge on any atom is 0.573 e. The van der Waals surface area contributed by atoms with Crippen molar-refractivity contribution >= 4 is 34.8 Å². The summed E-state index contributed by atoms with van der Waals surface area (Å²) in [5.41, 5.74) is 7.05. The van der Waals surface area contributed by atoms with Crippen molar-refractivity contribution in [3.63, 3.8) is 0 Å². The van der Waals surface area contributed by atoms with Gasteiger partial charge in [0.2, 0.25) is 0 Å². The molecule has 139 heavy (non-hydrogen) atoms. The number of hydrogen-bond donors (Lipinski definition) is 7. The molecule has 29 nitrogen and oxygen atoms in total. The van der Waals surface area contributed by atoms with Gasteiger partial charge in [-0.3, -0.25) is 34.0 Å². The van der Waals surface area contributed by atoms with Gasteiger partial charge in [-0.25, -0.2) is 74.1 Å². The van der Waals surface area contributed by atoms with Crippen molar-refractivity contribution in [2.24, 2.45) is 0 Å². The predicted octanol–water partition coefficient (Wildman–Crippen LogP) is 14.1. The van der Waals surface area contributed by atoms with E-state index in [0.29, 0.717) is 84.4 Å². The maximum atomic E-state index is 14.0. The molecule has 6 aromatic carbocycles. The summed E-state index contributed by atoms with van der Waals surface area (Å²) in [5, 5.41) is 52.7. The van der Waals surface area contributed by atoms with Crippen molar-refractivity contribution in [2.45, 2.75) is 167 Å². The Morgan fingerprint density at radius 3 is 1.00 bits per heavy atom. The van der Waals surface area contributed by atoms with Gasteiger partial charge in [0.05, 0.1) is 66.4 Å². The Kier molecular flexibility index (Phi) is 33.7. The first-order valence-electron chi connectivity index (χ1n) is 44.7. The topological polar surface area (TPSA) is 427 Å². The zero-order valence-electron chi connectivity index (χ0n) is 75.8. The van der Waals surface area contributed by atoms with Crippen LogP contribution in [0.4, 0.5) is 35.1 Å². The Bertz CT molecular complexity index is 6200. The van der Waals surface area contributed by atoms with E-state index in [1.165, 1.54) is 153 Å². The Morgan fingerprint density at radius 2 is 0.669 bits per heavy atom. The molecule has 0 spiro atoms. The number of nitrogens with zero attached hydrogens (tertiary/aromatic N) is 12. The van der Waals surface area contributed by atoms with Crippen LogP contribution >= 0.6 is 0 Å². The molecule has 0 unspecified atom stereocenters. The van der Waals surface area contributed by atoms with Gasteiger partial charge >= 0.3 is 12.5 Å². The Balaban J connectivity index is 0.000000141. The summed E-state index contributed by atoms with van der Waals surface area (Å²) >= 11 is 0. The lowest BCUT2D eigenvalue weighted by Gasteiger charge is -2.41. The standard InChI is InChI=1S/C20H24N2O3.C17H15F3N2O3.C17H15F3N2O2.C17H18N2O3.C16H14F2N2O2.C15H15N3O3/c1-25-17-7-5-16(6-8-17)20(9-3-2-4-10-20)11-19-21-12-15(13-22-19)18(24)14-23;18-17(19,20)25-13-3-1-2-12(6-13)16(4-5-16)7-15-21-8-11(9-22-15)14(24)10-23;18-17(19,20)13-3-1-2-12(6-13)16(4-5-16)7-15-21-8-11(9-22-15)14(24)10-23;1-22-14-4-2-3-13(7-14)17(5-6-17)8-16-18-9-12(10-19-16)15(21)11-20;17-11-1-2-12(13(18)5-11)16(3-4-16)6-15-19-7-10(8-20-15)14(22)9-21;19-14(18-20)11-7-16-13(17-8-11)6-15(9-21-10-15)12-4-2-1-3-5-12/h5-8,12-13,23H,2-4,9-11,14H2,1H3;1-3,6,8-9,23H,4-5,7,10H2;1-3,6,8-9,23H,4-5,7,10H2;2-4,7,9-10,20H,5-6,8,11H2,1H3;1-2,5,7-8,21H,3-4,6,9H2;1-5,7-8,20H,6,9-10H2,(H,18,19). The van der Waals surface area contributed by atoms with Crippen molar-refractivity contribution in [1.29, 1.82) is 0 Å². The second kappa shape index (κ2) is 45.6. The zero-order chi connectivity index (χ0) is 99.2. The van der Waals surface area contributed by atoms with E-state index in [1.807, 2.05) is 42.5 Å². The molecule has 7 N–H and O–H groups in total. The second-order valence-corrected chi connectivity index (χ2v) is 35.1. The number of methoxy groups -OCH3 is 2. The van der Waals surface area contributed by atoms with Gasteiger partial charge in [-0.1, -0.05) is 110 Å². The van der Waals surface area contributed by atoms with E-state index in [0.717, 1.165) is 118 Å². The fraction of sp³-hybridized carbons (Fsp3) is 0.353. The largest absolute Gasteiger partial charge is 0.573 e. The first-order valence-corrected chi connectivity index (χ1v) is 44.7. The molecule has 18 rings (SSSR count). The van der Waals surface area contributed by atoms with Crippen LogP contribution in [0.2, 0.25) is 0 Å². The molecule has 726 valence electrons. The quantitative estimate of drug-likeness (QED) is 0.00891. The number of hydrogen-bond acceptors (Lipinski definition) is 28. The summed E-state index contributed by atoms with van der Waals surface area (Å²) in [4.78, 5) is 118. The fourth-order valence-corrected chi connectivity index (χ4v) is 16.9. The lowest BCUT2D eigenvalue weighted by atomic mass is 9.67. The number of ether oxygens (including phenoxy) is 4. The Labute approximate surface area is 793 Å². The highest BCUT2D eigenvalue weighted by atomic mass is 19.4. The number of carbonyl (C=O) groups is 6. The first-order chi connectivity index (χ1) is 66.8. The number of alkyl halides is 6. The predicted molar refractivity (Wildman–Crippen MR) is 485 cm³/mol. The monoisotopic (exact) mass is 1920 g/mol. The summed E-state index contributed by atoms with van der Waals surface area (Å²) in [7, 11) is 3.34. The highest BCUT2D eigenvalue weighted by Crippen LogP contribution is 2.55. The van der Waals surface area contributed by atoms with Crippen LogP contribution in [0.15, 0.2) is 220 Å². The molecule has 37 heteroatoms. The lowest BCUT2D eigenvalue weighted by Crippen LogP contribution is -2.48. The van der Waals surface area contributed by atoms with Crippen LogP contribution in [-0.2, 0) is 81.9 Å². The van der Waals surface area contributed by atoms with Crippen LogP contribution in [0, 0.1) is 11.6 Å². The van der Waals surface area contributed by atoms with Gasteiger partial charge in [0.25, 0.3) is 5.91 Å². The number of hydroxylamine groups is 1. The molecule has 7 heterocycles. The maximum absolute atomic E-state index is 14.0. The molecule has 1 aliphatic heterocycles. The van der Waals surface area contributed by atoms with Crippen molar-refractivity contribution in [3.05, 3.63) is 339 Å². The molecule has 0 bridgehead atoms. The number of aliphatic hydroxyl groups is 5. The summed E-state index contributed by atoms with van der Waals surface area (Å²) < 4.78 is 123. The fourth-order valence-electron chi connectivity index (χ4n) is 16.9.